The number of hydrogen-bond acceptors (Lipinski definition) is 7. The summed E-state index contributed by atoms with van der Waals surface area (Å²) in [4.78, 5) is 35.4. The summed E-state index contributed by atoms with van der Waals surface area (Å²) in [5.74, 6) is 1.09. The standard InChI is InChI=1S/C24H25N3O4S2/c1-5-26(11-16-7-8-18(30-3)19(10-16)31-4)21(28)12-27-14-25-23-22(24(27)29)17(13-32-23)20-9-6-15(2)33-20/h6-10,13-14H,5,11-12H2,1-4H3. The quantitative estimate of drug-likeness (QED) is 0.367. The summed E-state index contributed by atoms with van der Waals surface area (Å²) >= 11 is 3.08. The Morgan fingerprint density at radius 2 is 1.94 bits per heavy atom. The van der Waals surface area contributed by atoms with Gasteiger partial charge in [-0.3, -0.25) is 14.2 Å². The Balaban J connectivity index is 1.59. The lowest BCUT2D eigenvalue weighted by Gasteiger charge is -2.22. The maximum absolute atomic E-state index is 13.3. The second-order valence-electron chi connectivity index (χ2n) is 7.51. The molecule has 0 N–H and O–H groups in total. The number of nitrogens with zero attached hydrogens (tertiary/aromatic N) is 3. The van der Waals surface area contributed by atoms with E-state index >= 15 is 0 Å². The Bertz CT molecular complexity index is 1360. The van der Waals surface area contributed by atoms with E-state index in [1.54, 1.807) is 30.5 Å². The maximum Gasteiger partial charge on any atom is 0.263 e. The minimum Gasteiger partial charge on any atom is -0.493 e. The number of methoxy groups -OCH3 is 2. The minimum absolute atomic E-state index is 0.0678. The Morgan fingerprint density at radius 3 is 2.61 bits per heavy atom. The summed E-state index contributed by atoms with van der Waals surface area (Å²) in [5.41, 5.74) is 1.60. The van der Waals surface area contributed by atoms with Crippen LogP contribution in [0.5, 0.6) is 11.5 Å². The molecule has 0 radical (unpaired) electrons. The normalized spacial score (nSPS) is 11.0. The third-order valence-corrected chi connectivity index (χ3v) is 7.35. The molecule has 1 amide bonds. The molecule has 0 saturated carbocycles. The highest BCUT2D eigenvalue weighted by molar-refractivity contribution is 7.19. The van der Waals surface area contributed by atoms with Crippen molar-refractivity contribution in [3.05, 3.63) is 62.8 Å². The van der Waals surface area contributed by atoms with Gasteiger partial charge in [0.1, 0.15) is 11.4 Å². The summed E-state index contributed by atoms with van der Waals surface area (Å²) in [6.45, 7) is 4.80. The molecule has 3 aromatic heterocycles. The van der Waals surface area contributed by atoms with E-state index in [4.69, 9.17) is 9.47 Å². The van der Waals surface area contributed by atoms with Gasteiger partial charge in [0.15, 0.2) is 11.5 Å². The molecule has 33 heavy (non-hydrogen) atoms. The van der Waals surface area contributed by atoms with Crippen LogP contribution in [0.4, 0.5) is 0 Å². The highest BCUT2D eigenvalue weighted by atomic mass is 32.1. The predicted molar refractivity (Wildman–Crippen MR) is 133 cm³/mol. The monoisotopic (exact) mass is 483 g/mol. The Labute approximate surface area is 199 Å². The van der Waals surface area contributed by atoms with E-state index in [9.17, 15) is 9.59 Å². The van der Waals surface area contributed by atoms with E-state index in [2.05, 4.69) is 4.98 Å². The Kier molecular flexibility index (Phi) is 6.80. The van der Waals surface area contributed by atoms with Crippen LogP contribution in [0.3, 0.4) is 0 Å². The van der Waals surface area contributed by atoms with Gasteiger partial charge in [-0.25, -0.2) is 4.98 Å². The van der Waals surface area contributed by atoms with Crippen molar-refractivity contribution in [1.29, 1.82) is 0 Å². The van der Waals surface area contributed by atoms with Crippen molar-refractivity contribution in [2.45, 2.75) is 26.9 Å². The largest absolute Gasteiger partial charge is 0.493 e. The number of benzene rings is 1. The van der Waals surface area contributed by atoms with Crippen molar-refractivity contribution in [2.75, 3.05) is 20.8 Å². The molecule has 0 spiro atoms. The number of rotatable bonds is 8. The van der Waals surface area contributed by atoms with Crippen molar-refractivity contribution in [1.82, 2.24) is 14.5 Å². The fourth-order valence-corrected chi connectivity index (χ4v) is 5.52. The van der Waals surface area contributed by atoms with Gasteiger partial charge in [-0.15, -0.1) is 22.7 Å². The molecule has 0 aliphatic carbocycles. The molecule has 1 aromatic carbocycles. The van der Waals surface area contributed by atoms with Gasteiger partial charge < -0.3 is 14.4 Å². The Morgan fingerprint density at radius 1 is 1.15 bits per heavy atom. The second-order valence-corrected chi connectivity index (χ2v) is 9.66. The molecule has 3 heterocycles. The van der Waals surface area contributed by atoms with Crippen LogP contribution in [-0.2, 0) is 17.9 Å². The number of carbonyl (C=O) groups excluding carboxylic acids is 1. The fraction of sp³-hybridized carbons (Fsp3) is 0.292. The van der Waals surface area contributed by atoms with Crippen LogP contribution in [-0.4, -0.2) is 41.1 Å². The molecule has 0 saturated heterocycles. The molecule has 172 valence electrons. The van der Waals surface area contributed by atoms with Crippen molar-refractivity contribution in [2.24, 2.45) is 0 Å². The molecule has 0 aliphatic heterocycles. The summed E-state index contributed by atoms with van der Waals surface area (Å²) in [5, 5.41) is 2.53. The highest BCUT2D eigenvalue weighted by Crippen LogP contribution is 2.35. The van der Waals surface area contributed by atoms with Gasteiger partial charge in [-0.1, -0.05) is 6.07 Å². The smallest absolute Gasteiger partial charge is 0.263 e. The van der Waals surface area contributed by atoms with Gasteiger partial charge in [0.2, 0.25) is 5.91 Å². The second kappa shape index (κ2) is 9.76. The fourth-order valence-electron chi connectivity index (χ4n) is 3.66. The molecule has 0 aliphatic rings. The van der Waals surface area contributed by atoms with Crippen LogP contribution in [0.2, 0.25) is 0 Å². The van der Waals surface area contributed by atoms with Crippen LogP contribution >= 0.6 is 22.7 Å². The van der Waals surface area contributed by atoms with Gasteiger partial charge >= 0.3 is 0 Å². The van der Waals surface area contributed by atoms with Gasteiger partial charge in [0.05, 0.1) is 25.9 Å². The first-order chi connectivity index (χ1) is 15.9. The number of amides is 1. The van der Waals surface area contributed by atoms with Crippen LogP contribution in [0.25, 0.3) is 20.7 Å². The molecule has 0 bridgehead atoms. The molecule has 4 aromatic rings. The molecule has 4 rings (SSSR count). The van der Waals surface area contributed by atoms with Gasteiger partial charge in [0, 0.05) is 33.8 Å². The van der Waals surface area contributed by atoms with Crippen LogP contribution in [0.1, 0.15) is 17.4 Å². The van der Waals surface area contributed by atoms with Crippen molar-refractivity contribution >= 4 is 38.8 Å². The molecular weight excluding hydrogens is 458 g/mol. The van der Waals surface area contributed by atoms with E-state index in [0.717, 1.165) is 16.0 Å². The highest BCUT2D eigenvalue weighted by Gasteiger charge is 2.18. The van der Waals surface area contributed by atoms with Gasteiger partial charge in [-0.05, 0) is 43.7 Å². The first-order valence-corrected chi connectivity index (χ1v) is 12.2. The molecule has 9 heteroatoms. The lowest BCUT2D eigenvalue weighted by molar-refractivity contribution is -0.132. The lowest BCUT2D eigenvalue weighted by atomic mass is 10.2. The van der Waals surface area contributed by atoms with E-state index in [0.29, 0.717) is 34.8 Å². The molecule has 0 atom stereocenters. The van der Waals surface area contributed by atoms with E-state index < -0.39 is 0 Å². The molecule has 7 nitrogen and oxygen atoms in total. The third-order valence-electron chi connectivity index (χ3n) is 5.43. The van der Waals surface area contributed by atoms with Crippen molar-refractivity contribution in [3.63, 3.8) is 0 Å². The number of carbonyl (C=O) groups is 1. The number of ether oxygens (including phenoxy) is 2. The average Bonchev–Trinajstić information content (AvgIpc) is 3.45. The maximum atomic E-state index is 13.3. The molecular formula is C24H25N3O4S2. The summed E-state index contributed by atoms with van der Waals surface area (Å²) in [6, 6.07) is 9.63. The number of aryl methyl sites for hydroxylation is 1. The van der Waals surface area contributed by atoms with Crippen molar-refractivity contribution in [3.8, 4) is 21.9 Å². The first kappa shape index (κ1) is 23.0. The van der Waals surface area contributed by atoms with Crippen LogP contribution in [0, 0.1) is 6.92 Å². The van der Waals surface area contributed by atoms with E-state index in [1.165, 1.54) is 27.1 Å². The van der Waals surface area contributed by atoms with Crippen molar-refractivity contribution < 1.29 is 14.3 Å². The summed E-state index contributed by atoms with van der Waals surface area (Å²) in [7, 11) is 3.16. The number of aromatic nitrogens is 2. The van der Waals surface area contributed by atoms with Gasteiger partial charge in [-0.2, -0.15) is 0 Å². The zero-order chi connectivity index (χ0) is 23.5. The van der Waals surface area contributed by atoms with E-state index in [1.807, 2.05) is 49.6 Å². The lowest BCUT2D eigenvalue weighted by Crippen LogP contribution is -2.36. The molecule has 0 fully saturated rings. The zero-order valence-electron chi connectivity index (χ0n) is 19.0. The minimum atomic E-state index is -0.196. The number of thiophene rings is 2. The first-order valence-electron chi connectivity index (χ1n) is 10.5. The zero-order valence-corrected chi connectivity index (χ0v) is 20.6. The summed E-state index contributed by atoms with van der Waals surface area (Å²) in [6.07, 6.45) is 1.47. The van der Waals surface area contributed by atoms with Crippen LogP contribution in [0.15, 0.2) is 46.8 Å². The molecule has 0 unspecified atom stereocenters. The third kappa shape index (κ3) is 4.65. The van der Waals surface area contributed by atoms with Crippen LogP contribution < -0.4 is 15.0 Å². The van der Waals surface area contributed by atoms with Gasteiger partial charge in [0.25, 0.3) is 5.56 Å². The predicted octanol–water partition coefficient (Wildman–Crippen LogP) is 4.56. The number of hydrogen-bond donors (Lipinski definition) is 0. The summed E-state index contributed by atoms with van der Waals surface area (Å²) < 4.78 is 12.1. The number of likely N-dealkylation sites (N-methyl/N-ethyl adjacent to an activating group) is 1. The average molecular weight is 484 g/mol. The topological polar surface area (TPSA) is 73.7 Å². The SMILES string of the molecule is CCN(Cc1ccc(OC)c(OC)c1)C(=O)Cn1cnc2scc(-c3ccc(C)s3)c2c1=O. The Hall–Kier alpha value is -3.17. The van der Waals surface area contributed by atoms with E-state index in [-0.39, 0.29) is 18.0 Å². The number of fused-ring (bicyclic) bond motifs is 1.